The van der Waals surface area contributed by atoms with Crippen LogP contribution in [-0.4, -0.2) is 24.0 Å². The largest absolute Gasteiger partial charge is 0.478 e. The van der Waals surface area contributed by atoms with E-state index in [1.54, 1.807) is 0 Å². The zero-order chi connectivity index (χ0) is 18.0. The van der Waals surface area contributed by atoms with Crippen molar-refractivity contribution in [3.63, 3.8) is 0 Å². The molecule has 0 unspecified atom stereocenters. The first-order valence-corrected chi connectivity index (χ1v) is 10.7. The highest BCUT2D eigenvalue weighted by Crippen LogP contribution is 2.42. The number of benzene rings is 1. The van der Waals surface area contributed by atoms with Gasteiger partial charge in [-0.15, -0.1) is 0 Å². The molecule has 6 heteroatoms. The summed E-state index contributed by atoms with van der Waals surface area (Å²) >= 11 is 0. The number of aromatic carboxylic acids is 1. The zero-order valence-electron chi connectivity index (χ0n) is 14.4. The van der Waals surface area contributed by atoms with E-state index in [9.17, 15) is 22.9 Å². The number of carboxylic acid groups (broad SMARTS) is 1. The maximum absolute atomic E-state index is 12.2. The van der Waals surface area contributed by atoms with Crippen LogP contribution >= 0.6 is 0 Å². The summed E-state index contributed by atoms with van der Waals surface area (Å²) in [6.07, 6.45) is 9.63. The minimum atomic E-state index is -4.40. The number of carbonyl (C=O) groups is 1. The Morgan fingerprint density at radius 2 is 1.24 bits per heavy atom. The highest BCUT2D eigenvalue weighted by atomic mass is 32.2. The highest BCUT2D eigenvalue weighted by Gasteiger charge is 2.31. The van der Waals surface area contributed by atoms with Gasteiger partial charge in [0.2, 0.25) is 0 Å². The Morgan fingerprint density at radius 1 is 0.840 bits per heavy atom. The molecule has 2 N–H and O–H groups in total. The molecule has 3 rings (SSSR count). The van der Waals surface area contributed by atoms with Crippen molar-refractivity contribution in [2.24, 2.45) is 0 Å². The molecule has 0 aromatic heterocycles. The van der Waals surface area contributed by atoms with Crippen LogP contribution in [0.25, 0.3) is 0 Å². The minimum absolute atomic E-state index is 0.00343. The third kappa shape index (κ3) is 4.06. The molecule has 0 bridgehead atoms. The van der Waals surface area contributed by atoms with Gasteiger partial charge in [-0.25, -0.2) is 4.79 Å². The minimum Gasteiger partial charge on any atom is -0.478 e. The number of rotatable bonds is 4. The summed E-state index contributed by atoms with van der Waals surface area (Å²) in [6, 6.07) is 2.96. The molecule has 0 radical (unpaired) electrons. The van der Waals surface area contributed by atoms with E-state index >= 15 is 0 Å². The van der Waals surface area contributed by atoms with Gasteiger partial charge in [-0.3, -0.25) is 4.55 Å². The van der Waals surface area contributed by atoms with Gasteiger partial charge in [-0.1, -0.05) is 38.5 Å². The summed E-state index contributed by atoms with van der Waals surface area (Å²) in [7, 11) is -4.40. The molecular formula is C19H26O5S. The van der Waals surface area contributed by atoms with Crippen molar-refractivity contribution < 1.29 is 22.9 Å². The lowest BCUT2D eigenvalue weighted by Gasteiger charge is -2.29. The van der Waals surface area contributed by atoms with Gasteiger partial charge in [-0.2, -0.15) is 8.42 Å². The second-order valence-electron chi connectivity index (χ2n) is 7.43. The summed E-state index contributed by atoms with van der Waals surface area (Å²) in [4.78, 5) is 11.6. The molecule has 2 saturated carbocycles. The first-order chi connectivity index (χ1) is 11.9. The van der Waals surface area contributed by atoms with Crippen LogP contribution in [-0.2, 0) is 10.1 Å². The molecule has 0 aliphatic heterocycles. The monoisotopic (exact) mass is 366 g/mol. The summed E-state index contributed by atoms with van der Waals surface area (Å²) < 4.78 is 34.5. The van der Waals surface area contributed by atoms with E-state index in [-0.39, 0.29) is 22.3 Å². The number of carboxylic acids is 1. The van der Waals surface area contributed by atoms with Crippen molar-refractivity contribution >= 4 is 16.1 Å². The van der Waals surface area contributed by atoms with E-state index in [4.69, 9.17) is 0 Å². The third-order valence-corrected chi connectivity index (χ3v) is 6.73. The molecule has 2 aliphatic carbocycles. The summed E-state index contributed by atoms with van der Waals surface area (Å²) in [5.41, 5.74) is 1.17. The maximum atomic E-state index is 12.2. The standard InChI is InChI=1S/C19H26O5S/c20-19(21)15-11-16(13-7-3-1-4-8-13)18(25(22,23)24)17(12-15)14-9-5-2-6-10-14/h11-14H,1-10H2,(H,20,21)(H,22,23,24). The van der Waals surface area contributed by atoms with E-state index in [0.717, 1.165) is 64.2 Å². The van der Waals surface area contributed by atoms with Gasteiger partial charge in [-0.05, 0) is 60.8 Å². The molecule has 25 heavy (non-hydrogen) atoms. The van der Waals surface area contributed by atoms with Crippen LogP contribution < -0.4 is 0 Å². The van der Waals surface area contributed by atoms with Crippen LogP contribution in [0.2, 0.25) is 0 Å². The van der Waals surface area contributed by atoms with Crippen molar-refractivity contribution in [2.45, 2.75) is 80.9 Å². The quantitative estimate of drug-likeness (QED) is 0.752. The fraction of sp³-hybridized carbons (Fsp3) is 0.632. The lowest BCUT2D eigenvalue weighted by Crippen LogP contribution is -2.18. The fourth-order valence-corrected chi connectivity index (χ4v) is 5.58. The SMILES string of the molecule is O=C(O)c1cc(C2CCCCC2)c(S(=O)(=O)O)c(C2CCCCC2)c1. The predicted molar refractivity (Wildman–Crippen MR) is 94.9 cm³/mol. The van der Waals surface area contributed by atoms with Crippen LogP contribution in [0.4, 0.5) is 0 Å². The van der Waals surface area contributed by atoms with Gasteiger partial charge in [0.05, 0.1) is 5.56 Å². The van der Waals surface area contributed by atoms with Gasteiger partial charge < -0.3 is 5.11 Å². The van der Waals surface area contributed by atoms with Gasteiger partial charge in [0.1, 0.15) is 4.90 Å². The van der Waals surface area contributed by atoms with Crippen LogP contribution in [0.1, 0.15) is 97.5 Å². The molecular weight excluding hydrogens is 340 g/mol. The molecule has 5 nitrogen and oxygen atoms in total. The van der Waals surface area contributed by atoms with Crippen LogP contribution in [0.3, 0.4) is 0 Å². The first kappa shape index (κ1) is 18.4. The van der Waals surface area contributed by atoms with E-state index < -0.39 is 16.1 Å². The molecule has 138 valence electrons. The van der Waals surface area contributed by atoms with Crippen molar-refractivity contribution in [3.8, 4) is 0 Å². The Bertz CT molecular complexity index is 702. The molecule has 0 spiro atoms. The molecule has 2 aliphatic rings. The maximum Gasteiger partial charge on any atom is 0.335 e. The fourth-order valence-electron chi connectivity index (χ4n) is 4.53. The Balaban J connectivity index is 2.19. The van der Waals surface area contributed by atoms with Gasteiger partial charge in [0, 0.05) is 0 Å². The average molecular weight is 366 g/mol. The Hall–Kier alpha value is -1.40. The van der Waals surface area contributed by atoms with Crippen molar-refractivity contribution in [2.75, 3.05) is 0 Å². The zero-order valence-corrected chi connectivity index (χ0v) is 15.2. The third-order valence-electron chi connectivity index (χ3n) is 5.74. The summed E-state index contributed by atoms with van der Waals surface area (Å²) in [6.45, 7) is 0. The Kier molecular flexibility index (Phi) is 5.49. The summed E-state index contributed by atoms with van der Waals surface area (Å²) in [5, 5.41) is 9.51. The van der Waals surface area contributed by atoms with Crippen molar-refractivity contribution in [1.82, 2.24) is 0 Å². The first-order valence-electron chi connectivity index (χ1n) is 9.26. The smallest absolute Gasteiger partial charge is 0.335 e. The average Bonchev–Trinajstić information content (AvgIpc) is 2.61. The lowest BCUT2D eigenvalue weighted by atomic mass is 9.79. The number of hydrogen-bond acceptors (Lipinski definition) is 3. The number of hydrogen-bond donors (Lipinski definition) is 2. The van der Waals surface area contributed by atoms with Crippen molar-refractivity contribution in [1.29, 1.82) is 0 Å². The Labute approximate surface area is 149 Å². The van der Waals surface area contributed by atoms with E-state index in [0.29, 0.717) is 11.1 Å². The van der Waals surface area contributed by atoms with Crippen LogP contribution in [0, 0.1) is 0 Å². The second kappa shape index (κ2) is 7.46. The van der Waals surface area contributed by atoms with E-state index in [1.165, 1.54) is 12.1 Å². The topological polar surface area (TPSA) is 91.7 Å². The van der Waals surface area contributed by atoms with Gasteiger partial charge >= 0.3 is 5.97 Å². The second-order valence-corrected chi connectivity index (χ2v) is 8.79. The molecule has 0 amide bonds. The molecule has 1 aromatic rings. The van der Waals surface area contributed by atoms with E-state index in [2.05, 4.69) is 0 Å². The summed E-state index contributed by atoms with van der Waals surface area (Å²) in [5.74, 6) is -1.03. The van der Waals surface area contributed by atoms with Crippen LogP contribution in [0.5, 0.6) is 0 Å². The van der Waals surface area contributed by atoms with Crippen molar-refractivity contribution in [3.05, 3.63) is 28.8 Å². The van der Waals surface area contributed by atoms with Crippen LogP contribution in [0.15, 0.2) is 17.0 Å². The normalized spacial score (nSPS) is 20.5. The van der Waals surface area contributed by atoms with Gasteiger partial charge in [0.25, 0.3) is 10.1 Å². The van der Waals surface area contributed by atoms with E-state index in [1.807, 2.05) is 0 Å². The Morgan fingerprint density at radius 3 is 1.56 bits per heavy atom. The lowest BCUT2D eigenvalue weighted by molar-refractivity contribution is 0.0696. The molecule has 0 atom stereocenters. The highest BCUT2D eigenvalue weighted by molar-refractivity contribution is 7.86. The molecule has 0 saturated heterocycles. The molecule has 0 heterocycles. The molecule has 1 aromatic carbocycles. The predicted octanol–water partition coefficient (Wildman–Crippen LogP) is 4.73. The molecule has 2 fully saturated rings. The van der Waals surface area contributed by atoms with Gasteiger partial charge in [0.15, 0.2) is 0 Å².